The van der Waals surface area contributed by atoms with E-state index in [4.69, 9.17) is 5.11 Å². The summed E-state index contributed by atoms with van der Waals surface area (Å²) >= 11 is 0. The molecule has 0 bridgehead atoms. The minimum Gasteiger partial charge on any atom is -0.512 e. The fourth-order valence-corrected chi connectivity index (χ4v) is 2.74. The predicted molar refractivity (Wildman–Crippen MR) is 74.3 cm³/mol. The van der Waals surface area contributed by atoms with Gasteiger partial charge in [-0.3, -0.25) is 9.59 Å². The van der Waals surface area contributed by atoms with E-state index in [0.717, 1.165) is 25.7 Å². The lowest BCUT2D eigenvalue weighted by Gasteiger charge is -2.19. The van der Waals surface area contributed by atoms with Gasteiger partial charge in [0.2, 0.25) is 0 Å². The van der Waals surface area contributed by atoms with Gasteiger partial charge in [0.05, 0.1) is 24.2 Å². The van der Waals surface area contributed by atoms with E-state index >= 15 is 0 Å². The third kappa shape index (κ3) is 4.63. The van der Waals surface area contributed by atoms with Gasteiger partial charge in [-0.1, -0.05) is 26.2 Å². The monoisotopic (exact) mass is 284 g/mol. The highest BCUT2D eigenvalue weighted by Crippen LogP contribution is 2.36. The smallest absolute Gasteiger partial charge is 0.304 e. The zero-order valence-electron chi connectivity index (χ0n) is 11.9. The van der Waals surface area contributed by atoms with Crippen molar-refractivity contribution in [3.63, 3.8) is 0 Å². The highest BCUT2D eigenvalue weighted by Gasteiger charge is 2.44. The van der Waals surface area contributed by atoms with E-state index in [1.165, 1.54) is 0 Å². The van der Waals surface area contributed by atoms with Gasteiger partial charge >= 0.3 is 5.97 Å². The number of Topliss-reactive ketones (excluding diaryl/α,β-unsaturated/α-hetero) is 1. The van der Waals surface area contributed by atoms with E-state index in [0.29, 0.717) is 6.42 Å². The van der Waals surface area contributed by atoms with Crippen LogP contribution in [0.1, 0.15) is 51.9 Å². The number of aliphatic hydroxyl groups excluding tert-OH is 2. The first-order valence-electron chi connectivity index (χ1n) is 7.29. The van der Waals surface area contributed by atoms with Crippen LogP contribution in [0.4, 0.5) is 0 Å². The van der Waals surface area contributed by atoms with Crippen LogP contribution in [0.3, 0.4) is 0 Å². The molecule has 3 atom stereocenters. The minimum atomic E-state index is -1.09. The molecule has 1 rings (SSSR count). The van der Waals surface area contributed by atoms with Crippen LogP contribution in [0.2, 0.25) is 0 Å². The average Bonchev–Trinajstić information content (AvgIpc) is 2.63. The molecule has 1 saturated carbocycles. The van der Waals surface area contributed by atoms with Gasteiger partial charge in [0, 0.05) is 12.3 Å². The largest absolute Gasteiger partial charge is 0.512 e. The van der Waals surface area contributed by atoms with Crippen molar-refractivity contribution in [1.82, 2.24) is 0 Å². The number of carbonyl (C=O) groups excluding carboxylic acids is 1. The van der Waals surface area contributed by atoms with Crippen LogP contribution in [-0.4, -0.2) is 33.2 Å². The van der Waals surface area contributed by atoms with Crippen molar-refractivity contribution in [3.8, 4) is 0 Å². The zero-order chi connectivity index (χ0) is 15.1. The first-order valence-corrected chi connectivity index (χ1v) is 7.29. The van der Waals surface area contributed by atoms with Gasteiger partial charge in [0.1, 0.15) is 5.78 Å². The van der Waals surface area contributed by atoms with Crippen LogP contribution in [0.15, 0.2) is 11.8 Å². The zero-order valence-corrected chi connectivity index (χ0v) is 11.9. The molecule has 0 aromatic heterocycles. The molecule has 0 saturated heterocycles. The highest BCUT2D eigenvalue weighted by molar-refractivity contribution is 5.88. The van der Waals surface area contributed by atoms with E-state index in [-0.39, 0.29) is 24.4 Å². The molecule has 1 aliphatic rings. The van der Waals surface area contributed by atoms with Crippen LogP contribution in [0, 0.1) is 11.8 Å². The van der Waals surface area contributed by atoms with Crippen molar-refractivity contribution < 1.29 is 24.9 Å². The van der Waals surface area contributed by atoms with Crippen molar-refractivity contribution in [2.75, 3.05) is 0 Å². The first-order chi connectivity index (χ1) is 9.47. The Kier molecular flexibility index (Phi) is 6.71. The summed E-state index contributed by atoms with van der Waals surface area (Å²) in [6, 6.07) is 0. The molecule has 3 N–H and O–H groups in total. The Morgan fingerprint density at radius 3 is 2.60 bits per heavy atom. The summed E-state index contributed by atoms with van der Waals surface area (Å²) in [4.78, 5) is 22.5. The van der Waals surface area contributed by atoms with E-state index in [2.05, 4.69) is 6.92 Å². The number of carboxylic acids is 1. The van der Waals surface area contributed by atoms with Gasteiger partial charge in [0.15, 0.2) is 0 Å². The topological polar surface area (TPSA) is 94.8 Å². The van der Waals surface area contributed by atoms with Crippen molar-refractivity contribution in [1.29, 1.82) is 0 Å². The number of rotatable bonds is 8. The fraction of sp³-hybridized carbons (Fsp3) is 0.733. The molecule has 0 heterocycles. The number of unbranched alkanes of at least 4 members (excludes halogenated alkanes) is 4. The molecular weight excluding hydrogens is 260 g/mol. The third-order valence-electron chi connectivity index (χ3n) is 3.82. The molecular formula is C15H24O5. The van der Waals surface area contributed by atoms with Crippen LogP contribution in [-0.2, 0) is 9.59 Å². The lowest BCUT2D eigenvalue weighted by molar-refractivity contribution is -0.140. The Bertz CT molecular complexity index is 374. The number of carbonyl (C=O) groups is 2. The summed E-state index contributed by atoms with van der Waals surface area (Å²) in [7, 11) is 0. The lowest BCUT2D eigenvalue weighted by Crippen LogP contribution is -2.25. The third-order valence-corrected chi connectivity index (χ3v) is 3.82. The molecule has 1 fully saturated rings. The summed E-state index contributed by atoms with van der Waals surface area (Å²) in [5.74, 6) is -2.97. The number of carboxylic acid groups (broad SMARTS) is 1. The van der Waals surface area contributed by atoms with Crippen LogP contribution in [0.25, 0.3) is 0 Å². The lowest BCUT2D eigenvalue weighted by atomic mass is 9.89. The van der Waals surface area contributed by atoms with Crippen molar-refractivity contribution in [2.45, 2.75) is 58.0 Å². The van der Waals surface area contributed by atoms with E-state index < -0.39 is 23.9 Å². The molecule has 114 valence electrons. The second-order valence-corrected chi connectivity index (χ2v) is 5.45. The maximum Gasteiger partial charge on any atom is 0.304 e. The molecule has 0 radical (unpaired) electrons. The molecule has 0 unspecified atom stereocenters. The Morgan fingerprint density at radius 2 is 2.00 bits per heavy atom. The Hall–Kier alpha value is -1.36. The Labute approximate surface area is 119 Å². The SMILES string of the molecule is CCCCCC/C=C(\O)[C@H]1[C@H](O)CC(=O)[C@@H]1CC(=O)O. The van der Waals surface area contributed by atoms with Gasteiger partial charge < -0.3 is 15.3 Å². The first kappa shape index (κ1) is 16.7. The summed E-state index contributed by atoms with van der Waals surface area (Å²) in [5, 5.41) is 28.7. The molecule has 0 spiro atoms. The molecule has 0 aliphatic heterocycles. The molecule has 5 nitrogen and oxygen atoms in total. The fourth-order valence-electron chi connectivity index (χ4n) is 2.74. The molecule has 0 aromatic carbocycles. The molecule has 20 heavy (non-hydrogen) atoms. The van der Waals surface area contributed by atoms with Gasteiger partial charge in [-0.05, 0) is 18.9 Å². The number of allylic oxidation sites excluding steroid dienone is 1. The second kappa shape index (κ2) is 8.04. The van der Waals surface area contributed by atoms with Crippen molar-refractivity contribution in [2.24, 2.45) is 11.8 Å². The molecule has 0 amide bonds. The minimum absolute atomic E-state index is 0.0360. The van der Waals surface area contributed by atoms with E-state index in [1.807, 2.05) is 0 Å². The summed E-state index contributed by atoms with van der Waals surface area (Å²) < 4.78 is 0. The Balaban J connectivity index is 2.62. The van der Waals surface area contributed by atoms with Gasteiger partial charge in [-0.25, -0.2) is 0 Å². The summed E-state index contributed by atoms with van der Waals surface area (Å²) in [5.41, 5.74) is 0. The second-order valence-electron chi connectivity index (χ2n) is 5.45. The normalized spacial score (nSPS) is 27.0. The number of hydrogen-bond acceptors (Lipinski definition) is 4. The van der Waals surface area contributed by atoms with Gasteiger partial charge in [-0.15, -0.1) is 0 Å². The van der Waals surface area contributed by atoms with Crippen molar-refractivity contribution >= 4 is 11.8 Å². The summed E-state index contributed by atoms with van der Waals surface area (Å²) in [6.07, 6.45) is 5.21. The van der Waals surface area contributed by atoms with E-state index in [1.54, 1.807) is 6.08 Å². The van der Waals surface area contributed by atoms with Crippen molar-refractivity contribution in [3.05, 3.63) is 11.8 Å². The standard InChI is InChI=1S/C15H24O5/c1-2-3-4-5-6-7-11(16)15-10(8-14(19)20)12(17)9-13(15)18/h7,10,13,15-16,18H,2-6,8-9H2,1H3,(H,19,20)/b11-7-/t10-,13+,15-/m0/s1. The quantitative estimate of drug-likeness (QED) is 0.470. The number of hydrogen-bond donors (Lipinski definition) is 3. The van der Waals surface area contributed by atoms with Crippen LogP contribution in [0.5, 0.6) is 0 Å². The van der Waals surface area contributed by atoms with Gasteiger partial charge in [-0.2, -0.15) is 0 Å². The average molecular weight is 284 g/mol. The number of ketones is 1. The highest BCUT2D eigenvalue weighted by atomic mass is 16.4. The van der Waals surface area contributed by atoms with Crippen LogP contribution < -0.4 is 0 Å². The maximum atomic E-state index is 11.7. The maximum absolute atomic E-state index is 11.7. The Morgan fingerprint density at radius 1 is 1.30 bits per heavy atom. The molecule has 1 aliphatic carbocycles. The summed E-state index contributed by atoms with van der Waals surface area (Å²) in [6.45, 7) is 2.12. The number of aliphatic hydroxyl groups is 2. The predicted octanol–water partition coefficient (Wildman–Crippen LogP) is 2.44. The van der Waals surface area contributed by atoms with Crippen LogP contribution >= 0.6 is 0 Å². The molecule has 5 heteroatoms. The van der Waals surface area contributed by atoms with E-state index in [9.17, 15) is 19.8 Å². The molecule has 0 aromatic rings. The number of aliphatic carboxylic acids is 1. The van der Waals surface area contributed by atoms with Gasteiger partial charge in [0.25, 0.3) is 0 Å².